The molecule has 4 heteroatoms. The zero-order valence-corrected chi connectivity index (χ0v) is 11.1. The van der Waals surface area contributed by atoms with E-state index >= 15 is 0 Å². The first-order chi connectivity index (χ1) is 9.36. The van der Waals surface area contributed by atoms with Gasteiger partial charge in [-0.15, -0.1) is 0 Å². The summed E-state index contributed by atoms with van der Waals surface area (Å²) in [6, 6.07) is 8.63. The molecule has 0 bridgehead atoms. The molecule has 19 heavy (non-hydrogen) atoms. The van der Waals surface area contributed by atoms with Crippen molar-refractivity contribution in [2.75, 3.05) is 23.7 Å². The second-order valence-electron chi connectivity index (χ2n) is 4.80. The largest absolute Gasteiger partial charge is 0.369 e. The summed E-state index contributed by atoms with van der Waals surface area (Å²) in [5.74, 6) is 2.25. The predicted octanol–water partition coefficient (Wildman–Crippen LogP) is 2.66. The minimum absolute atomic E-state index is 0.598. The molecule has 2 aromatic rings. The van der Waals surface area contributed by atoms with E-state index in [9.17, 15) is 0 Å². The monoisotopic (exact) mass is 254 g/mol. The predicted molar refractivity (Wildman–Crippen MR) is 77.6 cm³/mol. The summed E-state index contributed by atoms with van der Waals surface area (Å²) in [7, 11) is 0. The number of benzene rings is 1. The summed E-state index contributed by atoms with van der Waals surface area (Å²) in [6.45, 7) is 3.82. The molecule has 4 nitrogen and oxygen atoms in total. The number of hydrogen-bond donors (Lipinski definition) is 2. The molecular weight excluding hydrogens is 236 g/mol. The van der Waals surface area contributed by atoms with Crippen LogP contribution in [0.5, 0.6) is 0 Å². The minimum atomic E-state index is 0.598. The normalized spacial score (nSPS) is 16.4. The van der Waals surface area contributed by atoms with E-state index in [2.05, 4.69) is 44.9 Å². The Morgan fingerprint density at radius 1 is 1.16 bits per heavy atom. The topological polar surface area (TPSA) is 49.8 Å². The van der Waals surface area contributed by atoms with E-state index in [1.54, 1.807) is 12.4 Å². The van der Waals surface area contributed by atoms with Crippen molar-refractivity contribution in [1.82, 2.24) is 9.97 Å². The van der Waals surface area contributed by atoms with Gasteiger partial charge in [-0.25, -0.2) is 4.98 Å². The van der Waals surface area contributed by atoms with Crippen LogP contribution in [0, 0.1) is 0 Å². The van der Waals surface area contributed by atoms with E-state index in [0.717, 1.165) is 31.1 Å². The van der Waals surface area contributed by atoms with Crippen LogP contribution in [-0.2, 0) is 6.42 Å². The van der Waals surface area contributed by atoms with Crippen molar-refractivity contribution < 1.29 is 0 Å². The van der Waals surface area contributed by atoms with Gasteiger partial charge in [0.15, 0.2) is 0 Å². The van der Waals surface area contributed by atoms with E-state index in [1.807, 2.05) is 6.92 Å². The standard InChI is InChI=1S/C15H18N4/c1-2-17-14-9-16-10-15(19-14)18-8-12-7-11-5-3-4-6-13(11)12/h3-6,9-10,12H,2,7-8H2,1H3,(H2,17,18,19). The molecular formula is C15H18N4. The zero-order chi connectivity index (χ0) is 13.1. The fourth-order valence-corrected chi connectivity index (χ4v) is 2.49. The first-order valence-electron chi connectivity index (χ1n) is 6.74. The molecule has 1 aliphatic rings. The highest BCUT2D eigenvalue weighted by Crippen LogP contribution is 2.34. The molecule has 0 saturated carbocycles. The van der Waals surface area contributed by atoms with Crippen LogP contribution in [0.2, 0.25) is 0 Å². The van der Waals surface area contributed by atoms with Crippen molar-refractivity contribution in [2.24, 2.45) is 0 Å². The molecule has 0 aliphatic heterocycles. The summed E-state index contributed by atoms with van der Waals surface area (Å²) >= 11 is 0. The van der Waals surface area contributed by atoms with Crippen LogP contribution in [0.15, 0.2) is 36.7 Å². The third kappa shape index (κ3) is 2.52. The second-order valence-corrected chi connectivity index (χ2v) is 4.80. The van der Waals surface area contributed by atoms with Gasteiger partial charge in [0, 0.05) is 19.0 Å². The third-order valence-corrected chi connectivity index (χ3v) is 3.48. The Bertz CT molecular complexity index is 568. The van der Waals surface area contributed by atoms with Crippen LogP contribution in [0.25, 0.3) is 0 Å². The number of aromatic nitrogens is 2. The van der Waals surface area contributed by atoms with Crippen molar-refractivity contribution in [3.8, 4) is 0 Å². The maximum atomic E-state index is 4.46. The van der Waals surface area contributed by atoms with Crippen molar-refractivity contribution in [1.29, 1.82) is 0 Å². The maximum absolute atomic E-state index is 4.46. The Morgan fingerprint density at radius 2 is 1.95 bits per heavy atom. The van der Waals surface area contributed by atoms with Gasteiger partial charge in [-0.1, -0.05) is 24.3 Å². The molecule has 0 spiro atoms. The van der Waals surface area contributed by atoms with Crippen molar-refractivity contribution >= 4 is 11.6 Å². The van der Waals surface area contributed by atoms with E-state index in [4.69, 9.17) is 0 Å². The van der Waals surface area contributed by atoms with E-state index in [0.29, 0.717) is 5.92 Å². The highest BCUT2D eigenvalue weighted by molar-refractivity contribution is 5.44. The number of fused-ring (bicyclic) bond motifs is 1. The Hall–Kier alpha value is -2.10. The van der Waals surface area contributed by atoms with E-state index < -0.39 is 0 Å². The van der Waals surface area contributed by atoms with Crippen molar-refractivity contribution in [2.45, 2.75) is 19.3 Å². The SMILES string of the molecule is CCNc1cncc(NCC2Cc3ccccc32)n1. The molecule has 0 amide bonds. The summed E-state index contributed by atoms with van der Waals surface area (Å²) in [5, 5.41) is 6.54. The molecule has 1 heterocycles. The molecule has 1 aliphatic carbocycles. The average Bonchev–Trinajstić information content (AvgIpc) is 2.41. The molecule has 1 atom stereocenters. The third-order valence-electron chi connectivity index (χ3n) is 3.48. The summed E-state index contributed by atoms with van der Waals surface area (Å²) < 4.78 is 0. The molecule has 98 valence electrons. The quantitative estimate of drug-likeness (QED) is 0.861. The first-order valence-corrected chi connectivity index (χ1v) is 6.74. The maximum Gasteiger partial charge on any atom is 0.146 e. The van der Waals surface area contributed by atoms with Gasteiger partial charge < -0.3 is 10.6 Å². The Labute approximate surface area is 113 Å². The molecule has 1 aromatic heterocycles. The highest BCUT2D eigenvalue weighted by Gasteiger charge is 2.24. The number of rotatable bonds is 5. The lowest BCUT2D eigenvalue weighted by Gasteiger charge is -2.30. The number of nitrogens with zero attached hydrogens (tertiary/aromatic N) is 2. The lowest BCUT2D eigenvalue weighted by molar-refractivity contribution is 0.634. The number of anilines is 2. The Balaban J connectivity index is 1.60. The van der Waals surface area contributed by atoms with Gasteiger partial charge in [0.05, 0.1) is 12.4 Å². The fourth-order valence-electron chi connectivity index (χ4n) is 2.49. The zero-order valence-electron chi connectivity index (χ0n) is 11.1. The first kappa shape index (κ1) is 12.0. The number of nitrogens with one attached hydrogen (secondary N) is 2. The van der Waals surface area contributed by atoms with Crippen molar-refractivity contribution in [3.05, 3.63) is 47.8 Å². The second kappa shape index (κ2) is 5.26. The van der Waals surface area contributed by atoms with Gasteiger partial charge in [-0.05, 0) is 24.5 Å². The Kier molecular flexibility index (Phi) is 3.31. The minimum Gasteiger partial charge on any atom is -0.369 e. The Morgan fingerprint density at radius 3 is 2.74 bits per heavy atom. The molecule has 1 unspecified atom stereocenters. The lowest BCUT2D eigenvalue weighted by atomic mass is 9.78. The van der Waals surface area contributed by atoms with Crippen LogP contribution < -0.4 is 10.6 Å². The smallest absolute Gasteiger partial charge is 0.146 e. The average molecular weight is 254 g/mol. The summed E-state index contributed by atoms with van der Waals surface area (Å²) in [6.07, 6.45) is 4.67. The van der Waals surface area contributed by atoms with E-state index in [-0.39, 0.29) is 0 Å². The molecule has 0 fully saturated rings. The molecule has 2 N–H and O–H groups in total. The van der Waals surface area contributed by atoms with Gasteiger partial charge in [0.1, 0.15) is 11.6 Å². The molecule has 3 rings (SSSR count). The van der Waals surface area contributed by atoms with Crippen LogP contribution in [-0.4, -0.2) is 23.1 Å². The van der Waals surface area contributed by atoms with Crippen LogP contribution in [0.3, 0.4) is 0 Å². The molecule has 1 aromatic carbocycles. The van der Waals surface area contributed by atoms with Gasteiger partial charge in [0.25, 0.3) is 0 Å². The van der Waals surface area contributed by atoms with Crippen LogP contribution in [0.4, 0.5) is 11.6 Å². The van der Waals surface area contributed by atoms with Gasteiger partial charge in [-0.2, -0.15) is 0 Å². The summed E-state index contributed by atoms with van der Waals surface area (Å²) in [4.78, 5) is 8.65. The van der Waals surface area contributed by atoms with Gasteiger partial charge in [0.2, 0.25) is 0 Å². The van der Waals surface area contributed by atoms with Crippen molar-refractivity contribution in [3.63, 3.8) is 0 Å². The number of hydrogen-bond acceptors (Lipinski definition) is 4. The van der Waals surface area contributed by atoms with Gasteiger partial charge in [-0.3, -0.25) is 4.98 Å². The van der Waals surface area contributed by atoms with E-state index in [1.165, 1.54) is 11.1 Å². The lowest BCUT2D eigenvalue weighted by Crippen LogP contribution is -2.24. The molecule has 0 saturated heterocycles. The fraction of sp³-hybridized carbons (Fsp3) is 0.333. The highest BCUT2D eigenvalue weighted by atomic mass is 15.1. The van der Waals surface area contributed by atoms with Crippen LogP contribution in [0.1, 0.15) is 24.0 Å². The van der Waals surface area contributed by atoms with Crippen LogP contribution >= 0.6 is 0 Å². The van der Waals surface area contributed by atoms with Gasteiger partial charge >= 0.3 is 0 Å². The summed E-state index contributed by atoms with van der Waals surface area (Å²) in [5.41, 5.74) is 2.94. The molecule has 0 radical (unpaired) electrons.